The molecule has 8 nitrogen and oxygen atoms in total. The highest BCUT2D eigenvalue weighted by molar-refractivity contribution is 8.76. The predicted octanol–water partition coefficient (Wildman–Crippen LogP) is 0.0832. The van der Waals surface area contributed by atoms with E-state index in [2.05, 4.69) is 25.3 Å². The first-order valence-corrected chi connectivity index (χ1v) is 7.90. The summed E-state index contributed by atoms with van der Waals surface area (Å²) in [5.74, 6) is -0.521. The molecule has 106 valence electrons. The van der Waals surface area contributed by atoms with Gasteiger partial charge >= 0.3 is 0 Å². The molecular formula is C10H12N6O2S2. The Hall–Kier alpha value is -1.81. The molecule has 20 heavy (non-hydrogen) atoms. The quantitative estimate of drug-likeness (QED) is 0.509. The van der Waals surface area contributed by atoms with E-state index in [1.165, 1.54) is 41.2 Å². The van der Waals surface area contributed by atoms with Crippen LogP contribution in [0.15, 0.2) is 17.7 Å². The first kappa shape index (κ1) is 14.6. The molecule has 0 unspecified atom stereocenters. The van der Waals surface area contributed by atoms with Gasteiger partial charge in [-0.05, 0) is 10.8 Å². The SMILES string of the molecule is CC(=O)N[C@@H](CSSc1ncnc2[nH]cnc12)C(N)=O. The lowest BCUT2D eigenvalue weighted by atomic mass is 10.3. The Morgan fingerprint density at radius 1 is 1.45 bits per heavy atom. The molecule has 2 aromatic heterocycles. The van der Waals surface area contributed by atoms with E-state index in [-0.39, 0.29) is 5.91 Å². The summed E-state index contributed by atoms with van der Waals surface area (Å²) in [7, 11) is 2.71. The molecule has 0 aliphatic rings. The molecule has 0 saturated carbocycles. The normalized spacial score (nSPS) is 12.2. The van der Waals surface area contributed by atoms with Crippen molar-refractivity contribution in [1.82, 2.24) is 25.3 Å². The fourth-order valence-electron chi connectivity index (χ4n) is 1.40. The highest BCUT2D eigenvalue weighted by Crippen LogP contribution is 2.32. The van der Waals surface area contributed by atoms with Gasteiger partial charge < -0.3 is 16.0 Å². The second kappa shape index (κ2) is 6.57. The lowest BCUT2D eigenvalue weighted by Gasteiger charge is -2.12. The van der Waals surface area contributed by atoms with Gasteiger partial charge in [0.05, 0.1) is 6.33 Å². The van der Waals surface area contributed by atoms with E-state index in [4.69, 9.17) is 5.73 Å². The van der Waals surface area contributed by atoms with Gasteiger partial charge in [0.2, 0.25) is 11.8 Å². The topological polar surface area (TPSA) is 127 Å². The van der Waals surface area contributed by atoms with Crippen LogP contribution < -0.4 is 11.1 Å². The Bertz CT molecular complexity index is 631. The summed E-state index contributed by atoms with van der Waals surface area (Å²) in [5, 5.41) is 3.18. The molecule has 0 bridgehead atoms. The van der Waals surface area contributed by atoms with Crippen LogP contribution in [-0.2, 0) is 9.59 Å². The molecule has 0 fully saturated rings. The standard InChI is InChI=1S/C10H12N6O2S2/c1-5(17)16-6(8(11)18)2-19-20-10-7-9(13-3-12-7)14-4-15-10/h3-4,6H,2H2,1H3,(H2,11,18)(H,16,17)(H,12,13,14,15)/t6-/m0/s1. The van der Waals surface area contributed by atoms with E-state index in [0.717, 1.165) is 0 Å². The van der Waals surface area contributed by atoms with Crippen LogP contribution in [-0.4, -0.2) is 43.5 Å². The number of nitrogens with one attached hydrogen (secondary N) is 2. The van der Waals surface area contributed by atoms with Crippen molar-refractivity contribution in [1.29, 1.82) is 0 Å². The number of imidazole rings is 1. The van der Waals surface area contributed by atoms with Gasteiger partial charge in [-0.3, -0.25) is 9.59 Å². The molecule has 2 rings (SSSR count). The third kappa shape index (κ3) is 3.61. The number of rotatable bonds is 6. The summed E-state index contributed by atoms with van der Waals surface area (Å²) in [5.41, 5.74) is 6.54. The summed E-state index contributed by atoms with van der Waals surface area (Å²) in [4.78, 5) is 37.3. The summed E-state index contributed by atoms with van der Waals surface area (Å²) in [6.07, 6.45) is 2.97. The Labute approximate surface area is 122 Å². The zero-order valence-corrected chi connectivity index (χ0v) is 12.1. The molecule has 0 aromatic carbocycles. The second-order valence-electron chi connectivity index (χ2n) is 3.80. The largest absolute Gasteiger partial charge is 0.368 e. The Morgan fingerprint density at radius 3 is 2.95 bits per heavy atom. The average molecular weight is 312 g/mol. The van der Waals surface area contributed by atoms with Crippen LogP contribution in [0, 0.1) is 0 Å². The zero-order valence-electron chi connectivity index (χ0n) is 10.5. The number of aromatic amines is 1. The fraction of sp³-hybridized carbons (Fsp3) is 0.300. The van der Waals surface area contributed by atoms with E-state index in [9.17, 15) is 9.59 Å². The Morgan fingerprint density at radius 2 is 2.25 bits per heavy atom. The van der Waals surface area contributed by atoms with Gasteiger partial charge in [0, 0.05) is 12.7 Å². The molecular weight excluding hydrogens is 300 g/mol. The third-order valence-electron chi connectivity index (χ3n) is 2.28. The molecule has 4 N–H and O–H groups in total. The number of fused-ring (bicyclic) bond motifs is 1. The minimum atomic E-state index is -0.707. The van der Waals surface area contributed by atoms with Crippen molar-refractivity contribution in [2.45, 2.75) is 18.0 Å². The number of nitrogens with zero attached hydrogens (tertiary/aromatic N) is 3. The van der Waals surface area contributed by atoms with Gasteiger partial charge in [-0.25, -0.2) is 15.0 Å². The number of H-pyrrole nitrogens is 1. The van der Waals surface area contributed by atoms with Gasteiger partial charge in [-0.1, -0.05) is 10.8 Å². The van der Waals surface area contributed by atoms with Gasteiger partial charge in [0.25, 0.3) is 0 Å². The lowest BCUT2D eigenvalue weighted by Crippen LogP contribution is -2.45. The highest BCUT2D eigenvalue weighted by Gasteiger charge is 2.17. The van der Waals surface area contributed by atoms with Crippen molar-refractivity contribution >= 4 is 44.6 Å². The molecule has 2 amide bonds. The predicted molar refractivity (Wildman–Crippen MR) is 76.8 cm³/mol. The molecule has 0 saturated heterocycles. The van der Waals surface area contributed by atoms with Crippen molar-refractivity contribution < 1.29 is 9.59 Å². The van der Waals surface area contributed by atoms with Crippen LogP contribution in [0.1, 0.15) is 6.92 Å². The summed E-state index contributed by atoms with van der Waals surface area (Å²) in [6, 6.07) is -0.707. The molecule has 0 aliphatic heterocycles. The maximum Gasteiger partial charge on any atom is 0.240 e. The highest BCUT2D eigenvalue weighted by atomic mass is 33.1. The number of hydrogen-bond acceptors (Lipinski definition) is 7. The van der Waals surface area contributed by atoms with Crippen LogP contribution in [0.5, 0.6) is 0 Å². The van der Waals surface area contributed by atoms with Crippen molar-refractivity contribution in [2.75, 3.05) is 5.75 Å². The van der Waals surface area contributed by atoms with Gasteiger partial charge in [0.1, 0.15) is 22.9 Å². The summed E-state index contributed by atoms with van der Waals surface area (Å²) < 4.78 is 0. The maximum atomic E-state index is 11.2. The second-order valence-corrected chi connectivity index (χ2v) is 6.13. The van der Waals surface area contributed by atoms with Crippen LogP contribution in [0.3, 0.4) is 0 Å². The monoisotopic (exact) mass is 312 g/mol. The fourth-order valence-corrected chi connectivity index (χ4v) is 3.60. The Kier molecular flexibility index (Phi) is 4.79. The zero-order chi connectivity index (χ0) is 14.5. The minimum absolute atomic E-state index is 0.295. The van der Waals surface area contributed by atoms with Gasteiger partial charge in [-0.2, -0.15) is 0 Å². The van der Waals surface area contributed by atoms with Crippen molar-refractivity contribution in [2.24, 2.45) is 5.73 Å². The van der Waals surface area contributed by atoms with E-state index in [1.807, 2.05) is 0 Å². The van der Waals surface area contributed by atoms with E-state index in [1.54, 1.807) is 0 Å². The molecule has 2 aromatic rings. The molecule has 10 heteroatoms. The van der Waals surface area contributed by atoms with Crippen LogP contribution >= 0.6 is 21.6 Å². The number of nitrogens with two attached hydrogens (primary N) is 1. The van der Waals surface area contributed by atoms with Gasteiger partial charge in [-0.15, -0.1) is 0 Å². The average Bonchev–Trinajstić information content (AvgIpc) is 2.86. The molecule has 0 radical (unpaired) electrons. The number of carbonyl (C=O) groups excluding carboxylic acids is 2. The van der Waals surface area contributed by atoms with E-state index >= 15 is 0 Å². The first-order chi connectivity index (χ1) is 9.58. The summed E-state index contributed by atoms with van der Waals surface area (Å²) >= 11 is 0. The number of primary amides is 1. The van der Waals surface area contributed by atoms with E-state index in [0.29, 0.717) is 21.9 Å². The molecule has 2 heterocycles. The van der Waals surface area contributed by atoms with Crippen molar-refractivity contribution in [3.63, 3.8) is 0 Å². The molecule has 0 spiro atoms. The smallest absolute Gasteiger partial charge is 0.240 e. The first-order valence-electron chi connectivity index (χ1n) is 5.58. The molecule has 1 atom stereocenters. The number of amides is 2. The number of aromatic nitrogens is 4. The van der Waals surface area contributed by atoms with Crippen LogP contribution in [0.4, 0.5) is 0 Å². The number of hydrogen-bond donors (Lipinski definition) is 3. The van der Waals surface area contributed by atoms with Crippen molar-refractivity contribution in [3.8, 4) is 0 Å². The third-order valence-corrected chi connectivity index (χ3v) is 4.56. The maximum absolute atomic E-state index is 11.2. The van der Waals surface area contributed by atoms with Crippen LogP contribution in [0.25, 0.3) is 11.2 Å². The van der Waals surface area contributed by atoms with Crippen LogP contribution in [0.2, 0.25) is 0 Å². The van der Waals surface area contributed by atoms with E-state index < -0.39 is 11.9 Å². The minimum Gasteiger partial charge on any atom is -0.368 e. The number of carbonyl (C=O) groups is 2. The molecule has 0 aliphatic carbocycles. The Balaban J connectivity index is 1.96. The summed E-state index contributed by atoms with van der Waals surface area (Å²) in [6.45, 7) is 1.34. The van der Waals surface area contributed by atoms with Gasteiger partial charge in [0.15, 0.2) is 5.65 Å². The lowest BCUT2D eigenvalue weighted by molar-refractivity contribution is -0.125. The van der Waals surface area contributed by atoms with Crippen molar-refractivity contribution in [3.05, 3.63) is 12.7 Å².